The summed E-state index contributed by atoms with van der Waals surface area (Å²) in [7, 11) is -5.13. The Balaban J connectivity index is 2.56. The molecule has 0 bridgehead atoms. The Labute approximate surface area is 346 Å². The first kappa shape index (κ1) is 53.3. The monoisotopic (exact) mass is 840 g/mol. The van der Waals surface area contributed by atoms with Crippen molar-refractivity contribution < 1.29 is 63.1 Å². The summed E-state index contributed by atoms with van der Waals surface area (Å²) in [6, 6.07) is 0. The maximum Gasteiger partial charge on any atom is 0.472 e. The molecule has 0 aromatic carbocycles. The highest BCUT2D eigenvalue weighted by Gasteiger charge is 2.51. The third-order valence-electron chi connectivity index (χ3n) is 9.28. The fraction of sp³-hybridized carbons (Fsp3) is 0.682. The number of phosphoric acid groups is 1. The van der Waals surface area contributed by atoms with Crippen LogP contribution in [-0.2, 0) is 32.7 Å². The lowest BCUT2D eigenvalue weighted by molar-refractivity contribution is -0.220. The highest BCUT2D eigenvalue weighted by Crippen LogP contribution is 2.47. The highest BCUT2D eigenvalue weighted by molar-refractivity contribution is 7.47. The average molecular weight is 841 g/mol. The molecule has 1 aliphatic carbocycles. The molecule has 1 aliphatic rings. The largest absolute Gasteiger partial charge is 0.472 e. The van der Waals surface area contributed by atoms with Gasteiger partial charge in [-0.3, -0.25) is 18.6 Å². The molecule has 6 atom stereocenters. The van der Waals surface area contributed by atoms with Gasteiger partial charge in [-0.2, -0.15) is 0 Å². The van der Waals surface area contributed by atoms with Crippen molar-refractivity contribution in [1.82, 2.24) is 0 Å². The number of unbranched alkanes of at least 4 members (excludes halogenated alkanes) is 9. The Kier molecular flexibility index (Phi) is 31.3. The van der Waals surface area contributed by atoms with Crippen molar-refractivity contribution in [3.63, 3.8) is 0 Å². The van der Waals surface area contributed by atoms with Crippen molar-refractivity contribution in [3.05, 3.63) is 72.9 Å². The molecule has 13 nitrogen and oxygen atoms in total. The maximum atomic E-state index is 12.8. The zero-order chi connectivity index (χ0) is 42.9. The van der Waals surface area contributed by atoms with E-state index in [0.717, 1.165) is 70.6 Å². The molecule has 14 heteroatoms. The lowest BCUT2D eigenvalue weighted by Crippen LogP contribution is -2.64. The van der Waals surface area contributed by atoms with Gasteiger partial charge in [0.05, 0.1) is 6.61 Å². The van der Waals surface area contributed by atoms with Gasteiger partial charge in [-0.25, -0.2) is 4.57 Å². The van der Waals surface area contributed by atoms with Crippen LogP contribution in [0.2, 0.25) is 0 Å². The second-order valence-corrected chi connectivity index (χ2v) is 15.9. The summed E-state index contributed by atoms with van der Waals surface area (Å²) in [5.74, 6) is -1.19. The lowest BCUT2D eigenvalue weighted by atomic mass is 9.85. The van der Waals surface area contributed by atoms with Crippen LogP contribution in [0.4, 0.5) is 0 Å². The molecular formula is C44H73O13P. The molecule has 0 spiro atoms. The minimum absolute atomic E-state index is 0.0131. The van der Waals surface area contributed by atoms with E-state index in [-0.39, 0.29) is 12.8 Å². The van der Waals surface area contributed by atoms with Crippen LogP contribution in [0.25, 0.3) is 0 Å². The number of carbonyl (C=O) groups excluding carboxylic acids is 2. The Bertz CT molecular complexity index is 1290. The van der Waals surface area contributed by atoms with E-state index in [2.05, 4.69) is 74.6 Å². The van der Waals surface area contributed by atoms with Crippen LogP contribution in [-0.4, -0.2) is 98.3 Å². The Morgan fingerprint density at radius 1 is 0.552 bits per heavy atom. The highest BCUT2D eigenvalue weighted by atomic mass is 31.2. The first-order chi connectivity index (χ1) is 27.9. The van der Waals surface area contributed by atoms with Crippen LogP contribution in [0, 0.1) is 0 Å². The molecule has 332 valence electrons. The Morgan fingerprint density at radius 2 is 1.00 bits per heavy atom. The molecule has 0 aliphatic heterocycles. The van der Waals surface area contributed by atoms with Crippen LogP contribution in [0.1, 0.15) is 136 Å². The number of ether oxygens (including phenoxy) is 2. The number of esters is 2. The van der Waals surface area contributed by atoms with Crippen LogP contribution in [0.3, 0.4) is 0 Å². The van der Waals surface area contributed by atoms with Gasteiger partial charge in [-0.05, 0) is 77.0 Å². The van der Waals surface area contributed by atoms with Crippen molar-refractivity contribution in [1.29, 1.82) is 0 Å². The molecule has 0 amide bonds. The zero-order valence-corrected chi connectivity index (χ0v) is 35.7. The van der Waals surface area contributed by atoms with Gasteiger partial charge in [0.2, 0.25) is 0 Å². The summed E-state index contributed by atoms with van der Waals surface area (Å²) in [4.78, 5) is 35.5. The van der Waals surface area contributed by atoms with Gasteiger partial charge in [0.15, 0.2) is 6.10 Å². The van der Waals surface area contributed by atoms with E-state index in [1.54, 1.807) is 0 Å². The molecule has 6 unspecified atom stereocenters. The molecule has 0 radical (unpaired) electrons. The predicted molar refractivity (Wildman–Crippen MR) is 225 cm³/mol. The Morgan fingerprint density at radius 3 is 1.57 bits per heavy atom. The first-order valence-electron chi connectivity index (χ1n) is 21.2. The molecule has 1 fully saturated rings. The Hall–Kier alpha value is -2.71. The minimum Gasteiger partial charge on any atom is -0.462 e. The van der Waals surface area contributed by atoms with Gasteiger partial charge >= 0.3 is 19.8 Å². The quantitative estimate of drug-likeness (QED) is 0.0163. The first-order valence-corrected chi connectivity index (χ1v) is 22.7. The van der Waals surface area contributed by atoms with Crippen molar-refractivity contribution in [3.8, 4) is 0 Å². The van der Waals surface area contributed by atoms with Gasteiger partial charge in [0.25, 0.3) is 0 Å². The van der Waals surface area contributed by atoms with Gasteiger partial charge in [0.1, 0.15) is 43.2 Å². The number of aliphatic hydroxyl groups excluding tert-OH is 5. The van der Waals surface area contributed by atoms with Gasteiger partial charge in [0, 0.05) is 12.8 Å². The SMILES string of the molecule is CC/C=C\C/C=C\C/C=C\C/C=C\C/C=C\CCCC(=O)OC(COC(=O)CCCCCCC/C=C\CCCCC)COP(=O)(O)OC1C(O)C(O)C(O)C(O)C1O. The van der Waals surface area contributed by atoms with Gasteiger partial charge in [-0.1, -0.05) is 119 Å². The van der Waals surface area contributed by atoms with Crippen molar-refractivity contribution in [2.75, 3.05) is 13.2 Å². The number of carbonyl (C=O) groups is 2. The summed E-state index contributed by atoms with van der Waals surface area (Å²) in [5, 5.41) is 50.0. The number of rotatable bonds is 33. The number of phosphoric ester groups is 1. The smallest absolute Gasteiger partial charge is 0.462 e. The van der Waals surface area contributed by atoms with E-state index in [0.29, 0.717) is 19.3 Å². The molecule has 6 N–H and O–H groups in total. The van der Waals surface area contributed by atoms with Crippen LogP contribution in [0.5, 0.6) is 0 Å². The topological polar surface area (TPSA) is 210 Å². The van der Waals surface area contributed by atoms with Crippen LogP contribution < -0.4 is 0 Å². The standard InChI is InChI=1S/C44H73O13P/c1-3-5-7-9-11-13-15-17-18-19-20-21-23-25-27-29-31-33-38(46)56-36(34-54-37(45)32-30-28-26-24-22-16-14-12-10-8-6-4-2)35-55-58(52,53)57-44-42(50)40(48)39(47)41(49)43(44)51/h5,7,11-14,17-18,20-21,25,27,36,39-44,47-51H,3-4,6,8-10,15-16,19,22-24,26,28-35H2,1-2H3,(H,52,53)/b7-5-,13-11-,14-12-,18-17-,21-20-,27-25-. The summed E-state index contributed by atoms with van der Waals surface area (Å²) in [6.45, 7) is 3.07. The van der Waals surface area contributed by atoms with E-state index >= 15 is 0 Å². The van der Waals surface area contributed by atoms with E-state index in [1.165, 1.54) is 19.3 Å². The molecule has 1 rings (SSSR count). The summed E-state index contributed by atoms with van der Waals surface area (Å²) in [5.41, 5.74) is 0. The molecule has 58 heavy (non-hydrogen) atoms. The molecular weight excluding hydrogens is 767 g/mol. The third kappa shape index (κ3) is 26.4. The normalized spacial score (nSPS) is 23.2. The van der Waals surface area contributed by atoms with E-state index in [4.69, 9.17) is 18.5 Å². The summed E-state index contributed by atoms with van der Waals surface area (Å²) >= 11 is 0. The number of hydrogen-bond acceptors (Lipinski definition) is 12. The van der Waals surface area contributed by atoms with Crippen LogP contribution in [0.15, 0.2) is 72.9 Å². The third-order valence-corrected chi connectivity index (χ3v) is 10.3. The zero-order valence-electron chi connectivity index (χ0n) is 34.8. The molecule has 1 saturated carbocycles. The van der Waals surface area contributed by atoms with Crippen molar-refractivity contribution >= 4 is 19.8 Å². The van der Waals surface area contributed by atoms with E-state index in [1.807, 2.05) is 12.2 Å². The summed E-state index contributed by atoms with van der Waals surface area (Å²) < 4.78 is 33.3. The second kappa shape index (κ2) is 34.0. The molecule has 0 heterocycles. The fourth-order valence-electron chi connectivity index (χ4n) is 5.84. The maximum absolute atomic E-state index is 12.8. The summed E-state index contributed by atoms with van der Waals surface area (Å²) in [6.07, 6.45) is 28.3. The van der Waals surface area contributed by atoms with E-state index in [9.17, 15) is 44.6 Å². The number of allylic oxidation sites excluding steroid dienone is 12. The van der Waals surface area contributed by atoms with E-state index < -0.39 is 75.7 Å². The molecule has 0 aromatic heterocycles. The predicted octanol–water partition coefficient (Wildman–Crippen LogP) is 7.55. The molecule has 0 aromatic rings. The van der Waals surface area contributed by atoms with Gasteiger partial charge < -0.3 is 39.9 Å². The fourth-order valence-corrected chi connectivity index (χ4v) is 6.82. The molecule has 0 saturated heterocycles. The average Bonchev–Trinajstić information content (AvgIpc) is 3.20. The lowest BCUT2D eigenvalue weighted by Gasteiger charge is -2.41. The van der Waals surface area contributed by atoms with Crippen molar-refractivity contribution in [2.45, 2.75) is 179 Å². The number of aliphatic hydroxyl groups is 5. The minimum atomic E-state index is -5.13. The second-order valence-electron chi connectivity index (χ2n) is 14.5. The number of hydrogen-bond donors (Lipinski definition) is 6. The van der Waals surface area contributed by atoms with Crippen LogP contribution >= 0.6 is 7.82 Å². The van der Waals surface area contributed by atoms with Gasteiger partial charge in [-0.15, -0.1) is 0 Å². The van der Waals surface area contributed by atoms with Crippen molar-refractivity contribution in [2.24, 2.45) is 0 Å².